The first kappa shape index (κ1) is 20.3. The number of benzene rings is 2. The zero-order valence-corrected chi connectivity index (χ0v) is 15.9. The average Bonchev–Trinajstić information content (AvgIpc) is 2.63. The molecule has 0 aliphatic carbocycles. The Morgan fingerprint density at radius 3 is 2.11 bits per heavy atom. The molecule has 1 atom stereocenters. The molecule has 0 saturated carbocycles. The molecule has 2 aromatic carbocycles. The summed E-state index contributed by atoms with van der Waals surface area (Å²) in [6, 6.07) is 18.4. The van der Waals surface area contributed by atoms with Crippen LogP contribution >= 0.6 is 0 Å². The Bertz CT molecular complexity index is 727. The summed E-state index contributed by atoms with van der Waals surface area (Å²) in [4.78, 5) is 24.1. The molecule has 0 saturated heterocycles. The van der Waals surface area contributed by atoms with Gasteiger partial charge in [-0.25, -0.2) is 9.59 Å². The first-order valence-corrected chi connectivity index (χ1v) is 8.82. The van der Waals surface area contributed by atoms with Crippen molar-refractivity contribution in [1.82, 2.24) is 10.6 Å². The summed E-state index contributed by atoms with van der Waals surface area (Å²) in [7, 11) is 0. The number of alkyl carbamates (subject to hydrolysis) is 2. The van der Waals surface area contributed by atoms with Crippen molar-refractivity contribution in [2.45, 2.75) is 39.0 Å². The van der Waals surface area contributed by atoms with Crippen molar-refractivity contribution in [2.75, 3.05) is 6.54 Å². The molecule has 0 radical (unpaired) electrons. The molecule has 6 heteroatoms. The molecule has 2 rings (SSSR count). The lowest BCUT2D eigenvalue weighted by Crippen LogP contribution is -2.40. The van der Waals surface area contributed by atoms with Gasteiger partial charge in [0.05, 0.1) is 6.04 Å². The maximum Gasteiger partial charge on any atom is 0.408 e. The van der Waals surface area contributed by atoms with Gasteiger partial charge in [0, 0.05) is 6.54 Å². The van der Waals surface area contributed by atoms with Crippen molar-refractivity contribution in [3.05, 3.63) is 71.8 Å². The van der Waals surface area contributed by atoms with E-state index in [-0.39, 0.29) is 13.2 Å². The molecular weight excluding hydrogens is 344 g/mol. The van der Waals surface area contributed by atoms with E-state index in [9.17, 15) is 9.59 Å². The van der Waals surface area contributed by atoms with Crippen LogP contribution in [0.5, 0.6) is 0 Å². The van der Waals surface area contributed by atoms with Gasteiger partial charge >= 0.3 is 12.2 Å². The lowest BCUT2D eigenvalue weighted by Gasteiger charge is -2.23. The minimum atomic E-state index is -0.589. The second kappa shape index (κ2) is 9.62. The third-order valence-corrected chi connectivity index (χ3v) is 3.56. The van der Waals surface area contributed by atoms with Crippen molar-refractivity contribution in [3.63, 3.8) is 0 Å². The Morgan fingerprint density at radius 1 is 0.926 bits per heavy atom. The minimum absolute atomic E-state index is 0.174. The summed E-state index contributed by atoms with van der Waals surface area (Å²) in [6.45, 7) is 5.73. The predicted octanol–water partition coefficient (Wildman–Crippen LogP) is 4.18. The van der Waals surface area contributed by atoms with Gasteiger partial charge in [-0.05, 0) is 31.9 Å². The van der Waals surface area contributed by atoms with E-state index in [1.807, 2.05) is 60.7 Å². The van der Waals surface area contributed by atoms with Gasteiger partial charge in [0.25, 0.3) is 0 Å². The average molecular weight is 370 g/mol. The van der Waals surface area contributed by atoms with E-state index < -0.39 is 23.8 Å². The molecule has 0 aliphatic heterocycles. The molecule has 27 heavy (non-hydrogen) atoms. The standard InChI is InChI=1S/C21H26N2O4/c1-21(2,3)27-19(24)22-14-18(17-12-8-5-9-13-17)23-20(25)26-15-16-10-6-4-7-11-16/h4-13,18H,14-15H2,1-3H3,(H,22,24)(H,23,25). The molecule has 0 heterocycles. The number of hydrogen-bond acceptors (Lipinski definition) is 4. The van der Waals surface area contributed by atoms with Crippen LogP contribution in [0.2, 0.25) is 0 Å². The highest BCUT2D eigenvalue weighted by Crippen LogP contribution is 2.13. The van der Waals surface area contributed by atoms with Gasteiger partial charge in [0.1, 0.15) is 12.2 Å². The molecule has 2 amide bonds. The normalized spacial score (nSPS) is 12.0. The monoisotopic (exact) mass is 370 g/mol. The topological polar surface area (TPSA) is 76.7 Å². The van der Waals surface area contributed by atoms with Crippen molar-refractivity contribution in [2.24, 2.45) is 0 Å². The van der Waals surface area contributed by atoms with Gasteiger partial charge in [0.15, 0.2) is 0 Å². The van der Waals surface area contributed by atoms with Crippen LogP contribution in [0.25, 0.3) is 0 Å². The van der Waals surface area contributed by atoms with Crippen LogP contribution in [-0.2, 0) is 16.1 Å². The van der Waals surface area contributed by atoms with E-state index in [1.54, 1.807) is 20.8 Å². The van der Waals surface area contributed by atoms with Gasteiger partial charge in [0.2, 0.25) is 0 Å². The fraction of sp³-hybridized carbons (Fsp3) is 0.333. The molecule has 144 valence electrons. The molecule has 0 aromatic heterocycles. The van der Waals surface area contributed by atoms with Gasteiger partial charge in [-0.2, -0.15) is 0 Å². The van der Waals surface area contributed by atoms with Gasteiger partial charge in [-0.15, -0.1) is 0 Å². The summed E-state index contributed by atoms with van der Waals surface area (Å²) in [5, 5.41) is 5.48. The number of hydrogen-bond donors (Lipinski definition) is 2. The molecule has 6 nitrogen and oxygen atoms in total. The number of ether oxygens (including phenoxy) is 2. The maximum atomic E-state index is 12.2. The number of carbonyl (C=O) groups excluding carboxylic acids is 2. The first-order valence-electron chi connectivity index (χ1n) is 8.82. The van der Waals surface area contributed by atoms with E-state index in [1.165, 1.54) is 0 Å². The summed E-state index contributed by atoms with van der Waals surface area (Å²) < 4.78 is 10.5. The summed E-state index contributed by atoms with van der Waals surface area (Å²) in [5.41, 5.74) is 1.16. The zero-order valence-electron chi connectivity index (χ0n) is 15.9. The van der Waals surface area contributed by atoms with Crippen LogP contribution in [0.3, 0.4) is 0 Å². The molecule has 1 unspecified atom stereocenters. The van der Waals surface area contributed by atoms with Gasteiger partial charge < -0.3 is 20.1 Å². The molecule has 0 fully saturated rings. The van der Waals surface area contributed by atoms with E-state index in [0.29, 0.717) is 0 Å². The van der Waals surface area contributed by atoms with E-state index in [0.717, 1.165) is 11.1 Å². The van der Waals surface area contributed by atoms with Crippen molar-refractivity contribution >= 4 is 12.2 Å². The van der Waals surface area contributed by atoms with Gasteiger partial charge in [-0.1, -0.05) is 60.7 Å². The largest absolute Gasteiger partial charge is 0.445 e. The van der Waals surface area contributed by atoms with Crippen LogP contribution in [0.1, 0.15) is 37.9 Å². The Hall–Kier alpha value is -3.02. The fourth-order valence-corrected chi connectivity index (χ4v) is 2.34. The predicted molar refractivity (Wildman–Crippen MR) is 103 cm³/mol. The second-order valence-electron chi connectivity index (χ2n) is 7.05. The molecular formula is C21H26N2O4. The third kappa shape index (κ3) is 7.81. The molecule has 2 aromatic rings. The minimum Gasteiger partial charge on any atom is -0.445 e. The number of nitrogens with one attached hydrogen (secondary N) is 2. The third-order valence-electron chi connectivity index (χ3n) is 3.56. The lowest BCUT2D eigenvalue weighted by molar-refractivity contribution is 0.0520. The molecule has 0 spiro atoms. The lowest BCUT2D eigenvalue weighted by atomic mass is 10.1. The van der Waals surface area contributed by atoms with Crippen LogP contribution in [0.15, 0.2) is 60.7 Å². The van der Waals surface area contributed by atoms with E-state index >= 15 is 0 Å². The van der Waals surface area contributed by atoms with Gasteiger partial charge in [-0.3, -0.25) is 0 Å². The quantitative estimate of drug-likeness (QED) is 0.800. The smallest absolute Gasteiger partial charge is 0.408 e. The van der Waals surface area contributed by atoms with Crippen molar-refractivity contribution in [1.29, 1.82) is 0 Å². The van der Waals surface area contributed by atoms with Crippen LogP contribution < -0.4 is 10.6 Å². The molecule has 2 N–H and O–H groups in total. The number of amides is 2. The number of rotatable bonds is 6. The van der Waals surface area contributed by atoms with Crippen LogP contribution in [0.4, 0.5) is 9.59 Å². The first-order chi connectivity index (χ1) is 12.8. The Labute approximate surface area is 159 Å². The molecule has 0 bridgehead atoms. The maximum absolute atomic E-state index is 12.2. The Balaban J connectivity index is 1.94. The highest BCUT2D eigenvalue weighted by Gasteiger charge is 2.20. The van der Waals surface area contributed by atoms with E-state index in [4.69, 9.17) is 9.47 Å². The fourth-order valence-electron chi connectivity index (χ4n) is 2.34. The van der Waals surface area contributed by atoms with Crippen LogP contribution in [0, 0.1) is 0 Å². The van der Waals surface area contributed by atoms with Crippen molar-refractivity contribution in [3.8, 4) is 0 Å². The summed E-state index contributed by atoms with van der Waals surface area (Å²) in [5.74, 6) is 0. The highest BCUT2D eigenvalue weighted by molar-refractivity contribution is 5.69. The summed E-state index contributed by atoms with van der Waals surface area (Å²) in [6.07, 6.45) is -1.10. The summed E-state index contributed by atoms with van der Waals surface area (Å²) >= 11 is 0. The Kier molecular flexibility index (Phi) is 7.23. The zero-order chi connectivity index (χ0) is 19.7. The molecule has 0 aliphatic rings. The SMILES string of the molecule is CC(C)(C)OC(=O)NCC(NC(=O)OCc1ccccc1)c1ccccc1. The Morgan fingerprint density at radius 2 is 1.52 bits per heavy atom. The number of carbonyl (C=O) groups is 2. The second-order valence-corrected chi connectivity index (χ2v) is 7.05. The van der Waals surface area contributed by atoms with Crippen molar-refractivity contribution < 1.29 is 19.1 Å². The van der Waals surface area contributed by atoms with E-state index in [2.05, 4.69) is 10.6 Å². The van der Waals surface area contributed by atoms with Crippen LogP contribution in [-0.4, -0.2) is 24.3 Å². The highest BCUT2D eigenvalue weighted by atomic mass is 16.6.